The fourth-order valence-corrected chi connectivity index (χ4v) is 3.65. The quantitative estimate of drug-likeness (QED) is 0.831. The van der Waals surface area contributed by atoms with Crippen molar-refractivity contribution in [1.82, 2.24) is 5.32 Å². The number of amides is 1. The molecule has 0 radical (unpaired) electrons. The van der Waals surface area contributed by atoms with Crippen molar-refractivity contribution in [1.29, 1.82) is 0 Å². The molecule has 0 bridgehead atoms. The van der Waals surface area contributed by atoms with Crippen LogP contribution in [0, 0.1) is 0 Å². The highest BCUT2D eigenvalue weighted by Crippen LogP contribution is 2.27. The molecule has 0 saturated carbocycles. The Bertz CT molecular complexity index is 642. The molecule has 3 rings (SSSR count). The SMILES string of the molecule is O=C(NCC1Cc2ccccc2O1)c1cc(Br)cc(Br)c1. The van der Waals surface area contributed by atoms with Gasteiger partial charge in [-0.1, -0.05) is 50.1 Å². The number of rotatable bonds is 3. The summed E-state index contributed by atoms with van der Waals surface area (Å²) in [5, 5.41) is 2.92. The summed E-state index contributed by atoms with van der Waals surface area (Å²) in [6, 6.07) is 13.5. The number of hydrogen-bond acceptors (Lipinski definition) is 2. The van der Waals surface area contributed by atoms with Crippen molar-refractivity contribution in [3.63, 3.8) is 0 Å². The van der Waals surface area contributed by atoms with Crippen LogP contribution in [-0.2, 0) is 6.42 Å². The maximum atomic E-state index is 12.2. The van der Waals surface area contributed by atoms with Gasteiger partial charge in [0, 0.05) is 20.9 Å². The van der Waals surface area contributed by atoms with Crippen molar-refractivity contribution in [3.8, 4) is 5.75 Å². The van der Waals surface area contributed by atoms with Crippen LogP contribution in [0.25, 0.3) is 0 Å². The second-order valence-corrected chi connectivity index (χ2v) is 6.75. The zero-order valence-electron chi connectivity index (χ0n) is 11.1. The molecule has 0 aliphatic carbocycles. The number of carbonyl (C=O) groups excluding carboxylic acids is 1. The largest absolute Gasteiger partial charge is 0.488 e. The first kappa shape index (κ1) is 14.6. The minimum atomic E-state index is -0.100. The second kappa shape index (κ2) is 6.20. The molecular weight excluding hydrogens is 398 g/mol. The van der Waals surface area contributed by atoms with E-state index >= 15 is 0 Å². The zero-order valence-corrected chi connectivity index (χ0v) is 14.3. The van der Waals surface area contributed by atoms with Crippen molar-refractivity contribution in [3.05, 3.63) is 62.5 Å². The molecule has 1 unspecified atom stereocenters. The Morgan fingerprint density at radius 2 is 1.90 bits per heavy atom. The molecule has 1 aliphatic heterocycles. The van der Waals surface area contributed by atoms with Crippen LogP contribution in [-0.4, -0.2) is 18.6 Å². The molecule has 0 saturated heterocycles. The number of benzene rings is 2. The summed E-state index contributed by atoms with van der Waals surface area (Å²) in [6.45, 7) is 0.498. The second-order valence-electron chi connectivity index (χ2n) is 4.92. The fourth-order valence-electron chi connectivity index (χ4n) is 2.36. The summed E-state index contributed by atoms with van der Waals surface area (Å²) in [4.78, 5) is 12.2. The Morgan fingerprint density at radius 1 is 1.19 bits per heavy atom. The number of para-hydroxylation sites is 1. The number of ether oxygens (including phenoxy) is 1. The van der Waals surface area contributed by atoms with Crippen molar-refractivity contribution in [2.75, 3.05) is 6.54 Å². The topological polar surface area (TPSA) is 38.3 Å². The number of fused-ring (bicyclic) bond motifs is 1. The van der Waals surface area contributed by atoms with Crippen molar-refractivity contribution < 1.29 is 9.53 Å². The molecule has 1 aliphatic rings. The van der Waals surface area contributed by atoms with Gasteiger partial charge in [-0.2, -0.15) is 0 Å². The van der Waals surface area contributed by atoms with E-state index in [0.29, 0.717) is 12.1 Å². The predicted molar refractivity (Wildman–Crippen MR) is 88.7 cm³/mol. The van der Waals surface area contributed by atoms with E-state index in [4.69, 9.17) is 4.74 Å². The van der Waals surface area contributed by atoms with Crippen LogP contribution in [0.3, 0.4) is 0 Å². The molecule has 0 fully saturated rings. The van der Waals surface area contributed by atoms with Crippen LogP contribution in [0.2, 0.25) is 0 Å². The molecule has 1 atom stereocenters. The maximum absolute atomic E-state index is 12.2. The van der Waals surface area contributed by atoms with E-state index < -0.39 is 0 Å². The normalized spacial score (nSPS) is 16.2. The van der Waals surface area contributed by atoms with E-state index in [1.54, 1.807) is 12.1 Å². The molecule has 0 spiro atoms. The van der Waals surface area contributed by atoms with Gasteiger partial charge in [0.15, 0.2) is 0 Å². The summed E-state index contributed by atoms with van der Waals surface area (Å²) < 4.78 is 7.54. The monoisotopic (exact) mass is 409 g/mol. The van der Waals surface area contributed by atoms with Crippen LogP contribution in [0.15, 0.2) is 51.4 Å². The van der Waals surface area contributed by atoms with Gasteiger partial charge in [0.05, 0.1) is 6.54 Å². The Hall–Kier alpha value is -1.33. The Kier molecular flexibility index (Phi) is 4.31. The zero-order chi connectivity index (χ0) is 14.8. The summed E-state index contributed by atoms with van der Waals surface area (Å²) in [6.07, 6.45) is 0.834. The average molecular weight is 411 g/mol. The molecule has 5 heteroatoms. The average Bonchev–Trinajstić information content (AvgIpc) is 2.86. The molecule has 1 amide bonds. The standard InChI is InChI=1S/C16H13Br2NO2/c17-12-5-11(6-13(18)8-12)16(20)19-9-14-7-10-3-1-2-4-15(10)21-14/h1-6,8,14H,7,9H2,(H,19,20). The Morgan fingerprint density at radius 3 is 2.62 bits per heavy atom. The lowest BCUT2D eigenvalue weighted by Crippen LogP contribution is -2.34. The van der Waals surface area contributed by atoms with Crippen LogP contribution < -0.4 is 10.1 Å². The van der Waals surface area contributed by atoms with Gasteiger partial charge in [0.2, 0.25) is 0 Å². The Balaban J connectivity index is 1.60. The number of hydrogen-bond donors (Lipinski definition) is 1. The van der Waals surface area contributed by atoms with E-state index in [9.17, 15) is 4.79 Å². The third-order valence-corrected chi connectivity index (χ3v) is 4.24. The molecule has 0 aromatic heterocycles. The molecule has 3 nitrogen and oxygen atoms in total. The van der Waals surface area contributed by atoms with Crippen molar-refractivity contribution in [2.24, 2.45) is 0 Å². The summed E-state index contributed by atoms with van der Waals surface area (Å²) in [5.74, 6) is 0.818. The number of carbonyl (C=O) groups is 1. The van der Waals surface area contributed by atoms with E-state index in [0.717, 1.165) is 21.1 Å². The van der Waals surface area contributed by atoms with Gasteiger partial charge >= 0.3 is 0 Å². The predicted octanol–water partition coefficient (Wildman–Crippen LogP) is 3.95. The lowest BCUT2D eigenvalue weighted by molar-refractivity contribution is 0.0933. The van der Waals surface area contributed by atoms with E-state index in [2.05, 4.69) is 43.2 Å². The van der Waals surface area contributed by atoms with Gasteiger partial charge in [-0.05, 0) is 29.8 Å². The van der Waals surface area contributed by atoms with Gasteiger partial charge in [0.1, 0.15) is 11.9 Å². The first-order valence-corrected chi connectivity index (χ1v) is 8.19. The summed E-state index contributed by atoms with van der Waals surface area (Å²) in [7, 11) is 0. The van der Waals surface area contributed by atoms with Crippen LogP contribution in [0.5, 0.6) is 5.75 Å². The Labute approximate surface area is 140 Å². The van der Waals surface area contributed by atoms with Crippen LogP contribution in [0.1, 0.15) is 15.9 Å². The van der Waals surface area contributed by atoms with Crippen molar-refractivity contribution in [2.45, 2.75) is 12.5 Å². The van der Waals surface area contributed by atoms with Gasteiger partial charge in [-0.25, -0.2) is 0 Å². The molecule has 108 valence electrons. The van der Waals surface area contributed by atoms with Crippen LogP contribution >= 0.6 is 31.9 Å². The summed E-state index contributed by atoms with van der Waals surface area (Å²) >= 11 is 6.77. The molecule has 1 heterocycles. The third kappa shape index (κ3) is 3.47. The maximum Gasteiger partial charge on any atom is 0.251 e. The fraction of sp³-hybridized carbons (Fsp3) is 0.188. The highest BCUT2D eigenvalue weighted by molar-refractivity contribution is 9.11. The smallest absolute Gasteiger partial charge is 0.251 e. The number of nitrogens with one attached hydrogen (secondary N) is 1. The molecule has 2 aromatic rings. The third-order valence-electron chi connectivity index (χ3n) is 3.33. The van der Waals surface area contributed by atoms with E-state index in [1.807, 2.05) is 24.3 Å². The first-order valence-electron chi connectivity index (χ1n) is 6.60. The molecule has 2 aromatic carbocycles. The van der Waals surface area contributed by atoms with E-state index in [1.165, 1.54) is 5.56 Å². The number of halogens is 2. The highest BCUT2D eigenvalue weighted by atomic mass is 79.9. The molecule has 1 N–H and O–H groups in total. The lowest BCUT2D eigenvalue weighted by atomic mass is 10.1. The van der Waals surface area contributed by atoms with Gasteiger partial charge in [-0.3, -0.25) is 4.79 Å². The summed E-state index contributed by atoms with van der Waals surface area (Å²) in [5.41, 5.74) is 1.81. The van der Waals surface area contributed by atoms with Crippen LogP contribution in [0.4, 0.5) is 0 Å². The lowest BCUT2D eigenvalue weighted by Gasteiger charge is -2.12. The highest BCUT2D eigenvalue weighted by Gasteiger charge is 2.22. The van der Waals surface area contributed by atoms with Gasteiger partial charge < -0.3 is 10.1 Å². The minimum Gasteiger partial charge on any atom is -0.488 e. The first-order chi connectivity index (χ1) is 10.1. The minimum absolute atomic E-state index is 0.00180. The van der Waals surface area contributed by atoms with Gasteiger partial charge in [-0.15, -0.1) is 0 Å². The van der Waals surface area contributed by atoms with E-state index in [-0.39, 0.29) is 12.0 Å². The van der Waals surface area contributed by atoms with Gasteiger partial charge in [0.25, 0.3) is 5.91 Å². The molecule has 21 heavy (non-hydrogen) atoms. The van der Waals surface area contributed by atoms with Crippen molar-refractivity contribution >= 4 is 37.8 Å². The molecular formula is C16H13Br2NO2.